The molecule has 38 heavy (non-hydrogen) atoms. The van der Waals surface area contributed by atoms with Gasteiger partial charge in [0.1, 0.15) is 12.4 Å². The molecule has 1 fully saturated rings. The molecule has 3 aromatic rings. The molecule has 0 aromatic heterocycles. The number of allylic oxidation sites excluding steroid dienone is 1. The lowest BCUT2D eigenvalue weighted by Gasteiger charge is -2.26. The van der Waals surface area contributed by atoms with Gasteiger partial charge in [-0.15, -0.1) is 0 Å². The van der Waals surface area contributed by atoms with Gasteiger partial charge in [-0.3, -0.25) is 24.6 Å². The molecular formula is C30H29N3O5. The summed E-state index contributed by atoms with van der Waals surface area (Å²) in [4.78, 5) is 41.0. The fourth-order valence-corrected chi connectivity index (χ4v) is 4.91. The molecule has 2 aliphatic rings. The normalized spacial score (nSPS) is 16.5. The van der Waals surface area contributed by atoms with E-state index in [0.29, 0.717) is 34.7 Å². The van der Waals surface area contributed by atoms with Gasteiger partial charge in [-0.2, -0.15) is 0 Å². The third kappa shape index (κ3) is 5.65. The molecule has 0 unspecified atom stereocenters. The molecule has 0 N–H and O–H groups in total. The lowest BCUT2D eigenvalue weighted by atomic mass is 10.0. The molecular weight excluding hydrogens is 482 g/mol. The van der Waals surface area contributed by atoms with Gasteiger partial charge < -0.3 is 9.64 Å². The largest absolute Gasteiger partial charge is 0.492 e. The topological polar surface area (TPSA) is 93.0 Å². The molecule has 0 spiro atoms. The number of carbonyl (C=O) groups is 2. The van der Waals surface area contributed by atoms with Crippen LogP contribution in [0.1, 0.15) is 40.7 Å². The van der Waals surface area contributed by atoms with E-state index < -0.39 is 4.92 Å². The molecule has 1 saturated heterocycles. The Hall–Kier alpha value is -4.30. The number of para-hydroxylation sites is 1. The number of nitro groups is 1. The monoisotopic (exact) mass is 511 g/mol. The third-order valence-electron chi connectivity index (χ3n) is 6.99. The Morgan fingerprint density at radius 3 is 2.37 bits per heavy atom. The van der Waals surface area contributed by atoms with E-state index in [1.54, 1.807) is 41.3 Å². The van der Waals surface area contributed by atoms with E-state index in [2.05, 4.69) is 4.90 Å². The van der Waals surface area contributed by atoms with E-state index in [0.717, 1.165) is 25.2 Å². The first-order valence-electron chi connectivity index (χ1n) is 12.9. The van der Waals surface area contributed by atoms with Crippen molar-refractivity contribution in [2.24, 2.45) is 0 Å². The van der Waals surface area contributed by atoms with Crippen LogP contribution in [0.15, 0.2) is 78.9 Å². The standard InChI is InChI=1S/C30H29N3O5/c34-29(23-10-14-25(15-11-23)38-19-18-31-16-4-1-5-17-31)20-27-26-6-2-3-7-28(26)32(30(27)35)21-22-8-12-24(13-9-22)33(36)37/h2-3,6-15,20H,1,4-5,16-19,21H2/b27-20-. The Labute approximate surface area is 221 Å². The molecule has 0 bridgehead atoms. The molecule has 2 aliphatic heterocycles. The number of anilines is 1. The molecule has 3 aromatic carbocycles. The van der Waals surface area contributed by atoms with Crippen LogP contribution in [0.2, 0.25) is 0 Å². The molecule has 0 radical (unpaired) electrons. The number of carbonyl (C=O) groups excluding carboxylic acids is 2. The summed E-state index contributed by atoms with van der Waals surface area (Å²) in [5.41, 5.74) is 2.93. The minimum absolute atomic E-state index is 0.00787. The molecule has 8 heteroatoms. The maximum absolute atomic E-state index is 13.4. The van der Waals surface area contributed by atoms with Crippen LogP contribution in [0, 0.1) is 10.1 Å². The van der Waals surface area contributed by atoms with Crippen molar-refractivity contribution >= 4 is 28.6 Å². The summed E-state index contributed by atoms with van der Waals surface area (Å²) in [5.74, 6) is 0.165. The predicted octanol–water partition coefficient (Wildman–Crippen LogP) is 5.27. The average Bonchev–Trinajstić information content (AvgIpc) is 3.20. The number of rotatable bonds is 9. The molecule has 194 valence electrons. The zero-order chi connectivity index (χ0) is 26.5. The molecule has 1 amide bonds. The number of benzene rings is 3. The summed E-state index contributed by atoms with van der Waals surface area (Å²) in [6, 6.07) is 20.4. The van der Waals surface area contributed by atoms with Crippen molar-refractivity contribution in [1.29, 1.82) is 0 Å². The first-order valence-corrected chi connectivity index (χ1v) is 12.9. The van der Waals surface area contributed by atoms with E-state index in [-0.39, 0.29) is 23.9 Å². The Morgan fingerprint density at radius 1 is 0.947 bits per heavy atom. The van der Waals surface area contributed by atoms with Crippen molar-refractivity contribution in [2.75, 3.05) is 31.1 Å². The summed E-state index contributed by atoms with van der Waals surface area (Å²) in [5, 5.41) is 11.0. The Kier molecular flexibility index (Phi) is 7.60. The van der Waals surface area contributed by atoms with Gasteiger partial charge in [0.05, 0.1) is 22.7 Å². The lowest BCUT2D eigenvalue weighted by Crippen LogP contribution is -2.33. The van der Waals surface area contributed by atoms with Crippen LogP contribution in [0.3, 0.4) is 0 Å². The zero-order valence-electron chi connectivity index (χ0n) is 21.0. The summed E-state index contributed by atoms with van der Waals surface area (Å²) < 4.78 is 5.87. The SMILES string of the molecule is O=C(/C=C1\C(=O)N(Cc2ccc([N+](=O)[O-])cc2)c2ccccc21)c1ccc(OCCN2CCCCC2)cc1. The molecule has 0 aliphatic carbocycles. The number of hydrogen-bond acceptors (Lipinski definition) is 6. The molecule has 0 saturated carbocycles. The number of hydrogen-bond donors (Lipinski definition) is 0. The summed E-state index contributed by atoms with van der Waals surface area (Å²) in [6.07, 6.45) is 5.18. The van der Waals surface area contributed by atoms with E-state index in [9.17, 15) is 19.7 Å². The third-order valence-corrected chi connectivity index (χ3v) is 6.99. The smallest absolute Gasteiger partial charge is 0.269 e. The number of amides is 1. The van der Waals surface area contributed by atoms with Crippen molar-refractivity contribution in [3.8, 4) is 5.75 Å². The summed E-state index contributed by atoms with van der Waals surface area (Å²) in [6.45, 7) is 3.98. The highest BCUT2D eigenvalue weighted by Gasteiger charge is 2.32. The van der Waals surface area contributed by atoms with Crippen LogP contribution in [-0.2, 0) is 11.3 Å². The van der Waals surface area contributed by atoms with Crippen LogP contribution < -0.4 is 9.64 Å². The highest BCUT2D eigenvalue weighted by Crippen LogP contribution is 2.38. The zero-order valence-corrected chi connectivity index (χ0v) is 21.0. The van der Waals surface area contributed by atoms with E-state index in [1.807, 2.05) is 24.3 Å². The Bertz CT molecular complexity index is 1360. The number of fused-ring (bicyclic) bond motifs is 1. The minimum atomic E-state index is -0.457. The van der Waals surface area contributed by atoms with E-state index in [1.165, 1.54) is 37.5 Å². The summed E-state index contributed by atoms with van der Waals surface area (Å²) in [7, 11) is 0. The highest BCUT2D eigenvalue weighted by atomic mass is 16.6. The maximum Gasteiger partial charge on any atom is 0.269 e. The maximum atomic E-state index is 13.4. The second-order valence-corrected chi connectivity index (χ2v) is 9.53. The number of nitro benzene ring substituents is 1. The number of ether oxygens (including phenoxy) is 1. The fourth-order valence-electron chi connectivity index (χ4n) is 4.91. The Balaban J connectivity index is 1.27. The van der Waals surface area contributed by atoms with Crippen molar-refractivity contribution in [1.82, 2.24) is 4.90 Å². The van der Waals surface area contributed by atoms with E-state index in [4.69, 9.17) is 4.74 Å². The van der Waals surface area contributed by atoms with Gasteiger partial charge in [0.25, 0.3) is 11.6 Å². The van der Waals surface area contributed by atoms with Crippen LogP contribution in [0.25, 0.3) is 5.57 Å². The average molecular weight is 512 g/mol. The lowest BCUT2D eigenvalue weighted by molar-refractivity contribution is -0.384. The van der Waals surface area contributed by atoms with Crippen LogP contribution in [0.4, 0.5) is 11.4 Å². The number of ketones is 1. The quantitative estimate of drug-likeness (QED) is 0.168. The van der Waals surface area contributed by atoms with Gasteiger partial charge in [0.2, 0.25) is 0 Å². The first kappa shape index (κ1) is 25.4. The van der Waals surface area contributed by atoms with Crippen molar-refractivity contribution < 1.29 is 19.2 Å². The highest BCUT2D eigenvalue weighted by molar-refractivity contribution is 6.35. The molecule has 0 atom stereocenters. The number of likely N-dealkylation sites (tertiary alicyclic amines) is 1. The van der Waals surface area contributed by atoms with Gasteiger partial charge in [-0.25, -0.2) is 0 Å². The van der Waals surface area contributed by atoms with Crippen molar-refractivity contribution in [3.63, 3.8) is 0 Å². The van der Waals surface area contributed by atoms with Crippen molar-refractivity contribution in [3.05, 3.63) is 106 Å². The molecule has 5 rings (SSSR count). The van der Waals surface area contributed by atoms with Crippen molar-refractivity contribution in [2.45, 2.75) is 25.8 Å². The molecule has 8 nitrogen and oxygen atoms in total. The van der Waals surface area contributed by atoms with Crippen LogP contribution in [0.5, 0.6) is 5.75 Å². The van der Waals surface area contributed by atoms with Gasteiger partial charge in [0, 0.05) is 29.8 Å². The summed E-state index contributed by atoms with van der Waals surface area (Å²) >= 11 is 0. The van der Waals surface area contributed by atoms with Crippen LogP contribution in [-0.4, -0.2) is 47.8 Å². The predicted molar refractivity (Wildman–Crippen MR) is 145 cm³/mol. The van der Waals surface area contributed by atoms with Gasteiger partial charge in [0.15, 0.2) is 5.78 Å². The van der Waals surface area contributed by atoms with Gasteiger partial charge in [-0.1, -0.05) is 36.8 Å². The van der Waals surface area contributed by atoms with E-state index >= 15 is 0 Å². The minimum Gasteiger partial charge on any atom is -0.492 e. The number of piperidine rings is 1. The van der Waals surface area contributed by atoms with Crippen LogP contribution >= 0.6 is 0 Å². The second-order valence-electron chi connectivity index (χ2n) is 9.53. The second kappa shape index (κ2) is 11.4. The first-order chi connectivity index (χ1) is 18.5. The number of non-ortho nitro benzene ring substituents is 1. The number of nitrogens with zero attached hydrogens (tertiary/aromatic N) is 3. The van der Waals surface area contributed by atoms with Gasteiger partial charge in [-0.05, 0) is 67.9 Å². The fraction of sp³-hybridized carbons (Fsp3) is 0.267. The molecule has 2 heterocycles. The Morgan fingerprint density at radius 2 is 1.66 bits per heavy atom. The van der Waals surface area contributed by atoms with Gasteiger partial charge >= 0.3 is 0 Å².